The Hall–Kier alpha value is -0.0700. The minimum absolute atomic E-state index is 0. The van der Waals surface area contributed by atoms with E-state index < -0.39 is 0 Å². The summed E-state index contributed by atoms with van der Waals surface area (Å²) in [5.41, 5.74) is 0. The summed E-state index contributed by atoms with van der Waals surface area (Å²) in [6.07, 6.45) is 0.775. The van der Waals surface area contributed by atoms with Crippen LogP contribution in [0.4, 0.5) is 0 Å². The van der Waals surface area contributed by atoms with Gasteiger partial charge in [0.05, 0.1) is 6.61 Å². The van der Waals surface area contributed by atoms with Gasteiger partial charge in [0.25, 0.3) is 5.91 Å². The minimum atomic E-state index is -0.269. The third-order valence-corrected chi connectivity index (χ3v) is 3.11. The number of morpholine rings is 1. The van der Waals surface area contributed by atoms with Crippen LogP contribution in [0.3, 0.4) is 0 Å². The van der Waals surface area contributed by atoms with Crippen molar-refractivity contribution in [3.63, 3.8) is 0 Å². The Morgan fingerprint density at radius 2 is 2.24 bits per heavy atom. The van der Waals surface area contributed by atoms with Crippen LogP contribution in [0.15, 0.2) is 0 Å². The highest BCUT2D eigenvalue weighted by Crippen LogP contribution is 2.12. The number of halogens is 2. The second-order valence-electron chi connectivity index (χ2n) is 4.12. The van der Waals surface area contributed by atoms with Crippen LogP contribution in [0.1, 0.15) is 6.42 Å². The third kappa shape index (κ3) is 4.26. The summed E-state index contributed by atoms with van der Waals surface area (Å²) in [6.45, 7) is 3.81. The molecule has 2 atom stereocenters. The van der Waals surface area contributed by atoms with E-state index in [0.29, 0.717) is 19.2 Å². The van der Waals surface area contributed by atoms with Crippen LogP contribution < -0.4 is 10.6 Å². The maximum atomic E-state index is 12.0. The maximum absolute atomic E-state index is 12.0. The summed E-state index contributed by atoms with van der Waals surface area (Å²) in [7, 11) is 1.94. The van der Waals surface area contributed by atoms with Gasteiger partial charge in [-0.2, -0.15) is 0 Å². The zero-order valence-corrected chi connectivity index (χ0v) is 11.6. The SMILES string of the molecule is CNC1CCN(C(=O)[C@H]2CNCCO2)C1.Cl.Cl. The predicted molar refractivity (Wildman–Crippen MR) is 71.2 cm³/mol. The second kappa shape index (κ2) is 8.11. The van der Waals surface area contributed by atoms with Crippen molar-refractivity contribution >= 4 is 30.7 Å². The van der Waals surface area contributed by atoms with E-state index in [-0.39, 0.29) is 36.8 Å². The molecule has 0 aromatic carbocycles. The molecular formula is C10H21Cl2N3O2. The Morgan fingerprint density at radius 1 is 1.47 bits per heavy atom. The zero-order chi connectivity index (χ0) is 10.7. The topological polar surface area (TPSA) is 53.6 Å². The molecule has 2 heterocycles. The smallest absolute Gasteiger partial charge is 0.253 e. The summed E-state index contributed by atoms with van der Waals surface area (Å²) in [5.74, 6) is 0.139. The number of carbonyl (C=O) groups is 1. The first kappa shape index (κ1) is 16.9. The van der Waals surface area contributed by atoms with Gasteiger partial charge in [0.1, 0.15) is 6.10 Å². The number of hydrogen-bond acceptors (Lipinski definition) is 4. The van der Waals surface area contributed by atoms with Crippen LogP contribution in [0.5, 0.6) is 0 Å². The van der Waals surface area contributed by atoms with E-state index in [9.17, 15) is 4.79 Å². The predicted octanol–water partition coefficient (Wildman–Crippen LogP) is -0.361. The quantitative estimate of drug-likeness (QED) is 0.728. The molecule has 2 rings (SSSR count). The summed E-state index contributed by atoms with van der Waals surface area (Å²) in [6, 6.07) is 0.450. The maximum Gasteiger partial charge on any atom is 0.253 e. The number of likely N-dealkylation sites (N-methyl/N-ethyl adjacent to an activating group) is 1. The van der Waals surface area contributed by atoms with Gasteiger partial charge in [-0.3, -0.25) is 4.79 Å². The summed E-state index contributed by atoms with van der Waals surface area (Å²) < 4.78 is 5.45. The normalized spacial score (nSPS) is 28.2. The van der Waals surface area contributed by atoms with Gasteiger partial charge in [-0.15, -0.1) is 24.8 Å². The molecular weight excluding hydrogens is 265 g/mol. The standard InChI is InChI=1S/C10H19N3O2.2ClH/c1-11-8-2-4-13(7-8)10(14)9-6-12-3-5-15-9;;/h8-9,11-12H,2-7H2,1H3;2*1H/t8?,9-;;/m1../s1. The average molecular weight is 286 g/mol. The fraction of sp³-hybridized carbons (Fsp3) is 0.900. The highest BCUT2D eigenvalue weighted by molar-refractivity contribution is 5.85. The van der Waals surface area contributed by atoms with Crippen molar-refractivity contribution in [1.82, 2.24) is 15.5 Å². The molecule has 2 aliphatic heterocycles. The Morgan fingerprint density at radius 3 is 2.76 bits per heavy atom. The molecule has 0 aromatic heterocycles. The number of nitrogens with one attached hydrogen (secondary N) is 2. The molecule has 2 saturated heterocycles. The number of hydrogen-bond donors (Lipinski definition) is 2. The lowest BCUT2D eigenvalue weighted by atomic mass is 10.2. The van der Waals surface area contributed by atoms with Gasteiger partial charge < -0.3 is 20.3 Å². The van der Waals surface area contributed by atoms with Crippen LogP contribution in [0.2, 0.25) is 0 Å². The molecule has 1 amide bonds. The van der Waals surface area contributed by atoms with E-state index >= 15 is 0 Å². The van der Waals surface area contributed by atoms with Crippen molar-refractivity contribution in [1.29, 1.82) is 0 Å². The zero-order valence-electron chi connectivity index (χ0n) is 9.98. The van der Waals surface area contributed by atoms with E-state index in [1.165, 1.54) is 0 Å². The van der Waals surface area contributed by atoms with Crippen molar-refractivity contribution in [2.45, 2.75) is 18.6 Å². The second-order valence-corrected chi connectivity index (χ2v) is 4.12. The van der Waals surface area contributed by atoms with Crippen molar-refractivity contribution in [3.8, 4) is 0 Å². The highest BCUT2D eigenvalue weighted by Gasteiger charge is 2.31. The van der Waals surface area contributed by atoms with E-state index in [1.807, 2.05) is 11.9 Å². The largest absolute Gasteiger partial charge is 0.366 e. The molecule has 0 radical (unpaired) electrons. The van der Waals surface area contributed by atoms with Crippen LogP contribution >= 0.6 is 24.8 Å². The van der Waals surface area contributed by atoms with Gasteiger partial charge in [0.15, 0.2) is 0 Å². The lowest BCUT2D eigenvalue weighted by Gasteiger charge is -2.27. The summed E-state index contributed by atoms with van der Waals surface area (Å²) >= 11 is 0. The molecule has 17 heavy (non-hydrogen) atoms. The Bertz CT molecular complexity index is 238. The van der Waals surface area contributed by atoms with Crippen LogP contribution in [-0.2, 0) is 9.53 Å². The van der Waals surface area contributed by atoms with Crippen molar-refractivity contribution in [2.24, 2.45) is 0 Å². The molecule has 0 spiro atoms. The van der Waals surface area contributed by atoms with E-state index in [1.54, 1.807) is 0 Å². The lowest BCUT2D eigenvalue weighted by Crippen LogP contribution is -2.49. The van der Waals surface area contributed by atoms with Gasteiger partial charge in [0, 0.05) is 32.2 Å². The number of ether oxygens (including phenoxy) is 1. The first-order chi connectivity index (χ1) is 7.31. The molecule has 2 fully saturated rings. The fourth-order valence-electron chi connectivity index (χ4n) is 2.12. The molecule has 102 valence electrons. The first-order valence-electron chi connectivity index (χ1n) is 5.59. The summed E-state index contributed by atoms with van der Waals surface area (Å²) in [5, 5.41) is 6.38. The first-order valence-corrected chi connectivity index (χ1v) is 5.59. The van der Waals surface area contributed by atoms with E-state index in [2.05, 4.69) is 10.6 Å². The van der Waals surface area contributed by atoms with Crippen LogP contribution in [-0.4, -0.2) is 62.8 Å². The number of rotatable bonds is 2. The molecule has 0 saturated carbocycles. The van der Waals surface area contributed by atoms with E-state index in [4.69, 9.17) is 4.74 Å². The Balaban J connectivity index is 0.00000128. The van der Waals surface area contributed by atoms with Gasteiger partial charge in [0.2, 0.25) is 0 Å². The van der Waals surface area contributed by atoms with Crippen molar-refractivity contribution < 1.29 is 9.53 Å². The third-order valence-electron chi connectivity index (χ3n) is 3.11. The van der Waals surface area contributed by atoms with Gasteiger partial charge >= 0.3 is 0 Å². The monoisotopic (exact) mass is 285 g/mol. The average Bonchev–Trinajstić information content (AvgIpc) is 2.78. The molecule has 7 heteroatoms. The highest BCUT2D eigenvalue weighted by atomic mass is 35.5. The Labute approximate surface area is 114 Å². The fourth-order valence-corrected chi connectivity index (χ4v) is 2.12. The van der Waals surface area contributed by atoms with E-state index in [0.717, 1.165) is 26.1 Å². The molecule has 0 bridgehead atoms. The van der Waals surface area contributed by atoms with Gasteiger partial charge in [-0.05, 0) is 13.5 Å². The van der Waals surface area contributed by atoms with Crippen molar-refractivity contribution in [2.75, 3.05) is 39.8 Å². The van der Waals surface area contributed by atoms with Crippen LogP contribution in [0, 0.1) is 0 Å². The van der Waals surface area contributed by atoms with Crippen LogP contribution in [0.25, 0.3) is 0 Å². The lowest BCUT2D eigenvalue weighted by molar-refractivity contribution is -0.144. The number of amides is 1. The molecule has 0 aromatic rings. The molecule has 1 unspecified atom stereocenters. The molecule has 2 N–H and O–H groups in total. The molecule has 0 aliphatic carbocycles. The van der Waals surface area contributed by atoms with Gasteiger partial charge in [-0.1, -0.05) is 0 Å². The molecule has 5 nitrogen and oxygen atoms in total. The molecule has 2 aliphatic rings. The summed E-state index contributed by atoms with van der Waals surface area (Å²) in [4.78, 5) is 13.9. The number of likely N-dealkylation sites (tertiary alicyclic amines) is 1. The minimum Gasteiger partial charge on any atom is -0.366 e. The van der Waals surface area contributed by atoms with Crippen molar-refractivity contribution in [3.05, 3.63) is 0 Å². The van der Waals surface area contributed by atoms with Gasteiger partial charge in [-0.25, -0.2) is 0 Å². The number of nitrogens with zero attached hydrogens (tertiary/aromatic N) is 1. The Kier molecular flexibility index (Phi) is 8.07. The number of carbonyl (C=O) groups excluding carboxylic acids is 1.